The highest BCUT2D eigenvalue weighted by atomic mass is 16.0. The normalized spacial score (nSPS) is 9.07. The van der Waals surface area contributed by atoms with E-state index in [1.807, 2.05) is 13.8 Å². The van der Waals surface area contributed by atoms with Gasteiger partial charge in [0, 0.05) is 0 Å². The zero-order chi connectivity index (χ0) is 10.8. The van der Waals surface area contributed by atoms with Gasteiger partial charge in [-0.3, -0.25) is 0 Å². The highest BCUT2D eigenvalue weighted by Gasteiger charge is 1.95. The van der Waals surface area contributed by atoms with E-state index < -0.39 is 0 Å². The molecule has 0 heterocycles. The first kappa shape index (κ1) is 16.4. The monoisotopic (exact) mass is 208 g/mol. The minimum Gasteiger partial charge on any atom is -0.412 e. The Morgan fingerprint density at radius 2 is 1.73 bits per heavy atom. The van der Waals surface area contributed by atoms with Crippen molar-refractivity contribution in [3.8, 4) is 0 Å². The van der Waals surface area contributed by atoms with Crippen LogP contribution in [0.5, 0.6) is 0 Å². The van der Waals surface area contributed by atoms with E-state index in [4.69, 9.17) is 0 Å². The lowest BCUT2D eigenvalue weighted by Crippen LogP contribution is -1.86. The summed E-state index contributed by atoms with van der Waals surface area (Å²) in [5, 5.41) is 0. The number of benzene rings is 1. The lowest BCUT2D eigenvalue weighted by atomic mass is 10.0. The summed E-state index contributed by atoms with van der Waals surface area (Å²) in [6.45, 7) is 8.27. The van der Waals surface area contributed by atoms with E-state index >= 15 is 0 Å². The van der Waals surface area contributed by atoms with Gasteiger partial charge in [0.25, 0.3) is 0 Å². The summed E-state index contributed by atoms with van der Waals surface area (Å²) in [6, 6.07) is 8.58. The second-order valence-electron chi connectivity index (χ2n) is 2.95. The average molecular weight is 208 g/mol. The third kappa shape index (κ3) is 6.08. The number of hydrogen-bond donors (Lipinski definition) is 0. The predicted molar refractivity (Wildman–Crippen MR) is 70.1 cm³/mol. The van der Waals surface area contributed by atoms with Gasteiger partial charge < -0.3 is 5.48 Å². The minimum absolute atomic E-state index is 0. The highest BCUT2D eigenvalue weighted by molar-refractivity contribution is 5.53. The van der Waals surface area contributed by atoms with Gasteiger partial charge in [-0.1, -0.05) is 63.6 Å². The van der Waals surface area contributed by atoms with E-state index in [9.17, 15) is 0 Å². The molecule has 0 aliphatic rings. The highest BCUT2D eigenvalue weighted by Crippen LogP contribution is 2.12. The van der Waals surface area contributed by atoms with Gasteiger partial charge in [-0.25, -0.2) is 0 Å². The molecule has 15 heavy (non-hydrogen) atoms. The van der Waals surface area contributed by atoms with E-state index in [0.717, 1.165) is 0 Å². The van der Waals surface area contributed by atoms with Crippen molar-refractivity contribution in [3.63, 3.8) is 0 Å². The number of hydrogen-bond acceptors (Lipinski definition) is 0. The molecule has 0 aliphatic heterocycles. The van der Waals surface area contributed by atoms with Crippen LogP contribution in [0.3, 0.4) is 0 Å². The molecule has 0 bridgehead atoms. The second-order valence-corrected chi connectivity index (χ2v) is 2.95. The molecule has 1 nitrogen and oxygen atoms in total. The van der Waals surface area contributed by atoms with Gasteiger partial charge in [-0.15, -0.1) is 0 Å². The maximum Gasteiger partial charge on any atom is -0.0228 e. The summed E-state index contributed by atoms with van der Waals surface area (Å²) in [7, 11) is 0. The molecule has 0 spiro atoms. The van der Waals surface area contributed by atoms with Crippen LogP contribution in [-0.4, -0.2) is 5.48 Å². The number of allylic oxidation sites excluding steroid dienone is 1. The van der Waals surface area contributed by atoms with Crippen molar-refractivity contribution >= 4 is 6.08 Å². The van der Waals surface area contributed by atoms with Gasteiger partial charge in [0.2, 0.25) is 0 Å². The topological polar surface area (TPSA) is 31.5 Å². The smallest absolute Gasteiger partial charge is 0.0228 e. The van der Waals surface area contributed by atoms with Crippen LogP contribution in [0.1, 0.15) is 45.2 Å². The lowest BCUT2D eigenvalue weighted by molar-refractivity contribution is 0.824. The molecule has 0 radical (unpaired) electrons. The molecule has 0 aliphatic carbocycles. The van der Waals surface area contributed by atoms with Crippen molar-refractivity contribution in [1.29, 1.82) is 0 Å². The first-order valence-electron chi connectivity index (χ1n) is 5.59. The molecule has 0 unspecified atom stereocenters. The standard InChI is InChI=1S/C12H16.C2H6.H2O/c1-3-7-11-9-5-6-10-12(11)8-4-2;1-2;/h3,5-7,9-10H,4,8H2,1-2H3;1-2H3;1H2/b7-3+;;. The summed E-state index contributed by atoms with van der Waals surface area (Å²) in [4.78, 5) is 0. The molecule has 2 N–H and O–H groups in total. The fourth-order valence-corrected chi connectivity index (χ4v) is 1.37. The Labute approximate surface area is 94.1 Å². The Balaban J connectivity index is 0. The fourth-order valence-electron chi connectivity index (χ4n) is 1.37. The summed E-state index contributed by atoms with van der Waals surface area (Å²) >= 11 is 0. The summed E-state index contributed by atoms with van der Waals surface area (Å²) in [6.07, 6.45) is 6.66. The summed E-state index contributed by atoms with van der Waals surface area (Å²) in [5.74, 6) is 0. The van der Waals surface area contributed by atoms with Crippen molar-refractivity contribution in [1.82, 2.24) is 0 Å². The van der Waals surface area contributed by atoms with Crippen LogP contribution in [0, 0.1) is 0 Å². The first-order valence-corrected chi connectivity index (χ1v) is 5.59. The van der Waals surface area contributed by atoms with E-state index in [1.165, 1.54) is 24.0 Å². The molecular weight excluding hydrogens is 184 g/mol. The Morgan fingerprint density at radius 3 is 2.27 bits per heavy atom. The van der Waals surface area contributed by atoms with Crippen LogP contribution < -0.4 is 0 Å². The third-order valence-electron chi connectivity index (χ3n) is 1.92. The van der Waals surface area contributed by atoms with Crippen molar-refractivity contribution < 1.29 is 5.48 Å². The molecule has 0 aromatic heterocycles. The van der Waals surface area contributed by atoms with E-state index in [2.05, 4.69) is 50.3 Å². The summed E-state index contributed by atoms with van der Waals surface area (Å²) in [5.41, 5.74) is 2.82. The molecule has 1 heteroatoms. The van der Waals surface area contributed by atoms with Crippen LogP contribution in [-0.2, 0) is 6.42 Å². The molecule has 1 rings (SSSR count). The fraction of sp³-hybridized carbons (Fsp3) is 0.429. The zero-order valence-corrected chi connectivity index (χ0v) is 10.4. The second kappa shape index (κ2) is 11.0. The van der Waals surface area contributed by atoms with Crippen molar-refractivity contribution in [3.05, 3.63) is 41.5 Å². The van der Waals surface area contributed by atoms with Crippen molar-refractivity contribution in [2.75, 3.05) is 0 Å². The number of aryl methyl sites for hydroxylation is 1. The third-order valence-corrected chi connectivity index (χ3v) is 1.92. The minimum atomic E-state index is 0. The van der Waals surface area contributed by atoms with Crippen LogP contribution in [0.25, 0.3) is 6.08 Å². The Kier molecular flexibility index (Phi) is 12.0. The molecule has 86 valence electrons. The van der Waals surface area contributed by atoms with Crippen LogP contribution in [0.15, 0.2) is 30.3 Å². The molecule has 0 saturated heterocycles. The Bertz CT molecular complexity index is 264. The van der Waals surface area contributed by atoms with Crippen LogP contribution >= 0.6 is 0 Å². The molecule has 1 aromatic carbocycles. The van der Waals surface area contributed by atoms with Crippen molar-refractivity contribution in [2.24, 2.45) is 0 Å². The molecular formula is C14H24O. The van der Waals surface area contributed by atoms with Crippen LogP contribution in [0.4, 0.5) is 0 Å². The van der Waals surface area contributed by atoms with Gasteiger partial charge in [-0.2, -0.15) is 0 Å². The van der Waals surface area contributed by atoms with E-state index in [-0.39, 0.29) is 5.48 Å². The lowest BCUT2D eigenvalue weighted by Gasteiger charge is -2.02. The summed E-state index contributed by atoms with van der Waals surface area (Å²) < 4.78 is 0. The molecule has 1 aromatic rings. The van der Waals surface area contributed by atoms with Gasteiger partial charge >= 0.3 is 0 Å². The average Bonchev–Trinajstić information content (AvgIpc) is 2.25. The van der Waals surface area contributed by atoms with E-state index in [0.29, 0.717) is 0 Å². The van der Waals surface area contributed by atoms with Gasteiger partial charge in [0.1, 0.15) is 0 Å². The quantitative estimate of drug-likeness (QED) is 0.722. The molecule has 0 amide bonds. The number of rotatable bonds is 3. The van der Waals surface area contributed by atoms with E-state index in [1.54, 1.807) is 0 Å². The molecule has 0 atom stereocenters. The SMILES string of the molecule is C/C=C/c1ccccc1CCC.CC.O. The molecule has 0 fully saturated rings. The largest absolute Gasteiger partial charge is 0.412 e. The Hall–Kier alpha value is -1.08. The van der Waals surface area contributed by atoms with Gasteiger partial charge in [-0.05, 0) is 24.5 Å². The van der Waals surface area contributed by atoms with Gasteiger partial charge in [0.05, 0.1) is 0 Å². The van der Waals surface area contributed by atoms with Gasteiger partial charge in [0.15, 0.2) is 0 Å². The Morgan fingerprint density at radius 1 is 1.13 bits per heavy atom. The molecule has 0 saturated carbocycles. The zero-order valence-electron chi connectivity index (χ0n) is 10.4. The van der Waals surface area contributed by atoms with Crippen molar-refractivity contribution in [2.45, 2.75) is 40.5 Å². The first-order chi connectivity index (χ1) is 6.88. The maximum atomic E-state index is 2.21. The predicted octanol–water partition coefficient (Wildman–Crippen LogP) is 3.87. The maximum absolute atomic E-state index is 2.21. The van der Waals surface area contributed by atoms with Crippen LogP contribution in [0.2, 0.25) is 0 Å².